The third-order valence-corrected chi connectivity index (χ3v) is 4.64. The van der Waals surface area contributed by atoms with Crippen LogP contribution in [0.15, 0.2) is 41.9 Å². The quantitative estimate of drug-likeness (QED) is 0.939. The number of rotatable bonds is 4. The lowest BCUT2D eigenvalue weighted by Gasteiger charge is -2.15. The van der Waals surface area contributed by atoms with Crippen molar-refractivity contribution in [3.8, 4) is 0 Å². The van der Waals surface area contributed by atoms with E-state index >= 15 is 0 Å². The maximum Gasteiger partial charge on any atom is 0.308 e. The number of carboxylic acids is 1. The Bertz CT molecular complexity index is 577. The molecule has 0 radical (unpaired) electrons. The molecular formula is C15H17ClN2O2S. The molecule has 0 spiro atoms. The maximum absolute atomic E-state index is 11.5. The predicted octanol–water partition coefficient (Wildman–Crippen LogP) is 2.87. The highest BCUT2D eigenvalue weighted by Crippen LogP contribution is 2.34. The summed E-state index contributed by atoms with van der Waals surface area (Å²) in [6.07, 6.45) is 1.75. The summed E-state index contributed by atoms with van der Waals surface area (Å²) >= 11 is 1.55. The van der Waals surface area contributed by atoms with Gasteiger partial charge < -0.3 is 5.11 Å². The molecule has 3 rings (SSSR count). The maximum atomic E-state index is 11.5. The summed E-state index contributed by atoms with van der Waals surface area (Å²) in [5, 5.41) is 12.3. The van der Waals surface area contributed by atoms with Crippen molar-refractivity contribution < 1.29 is 9.90 Å². The molecule has 2 heterocycles. The van der Waals surface area contributed by atoms with Gasteiger partial charge >= 0.3 is 5.97 Å². The highest BCUT2D eigenvalue weighted by Gasteiger charge is 2.39. The number of aromatic nitrogens is 1. The van der Waals surface area contributed by atoms with Crippen LogP contribution in [-0.2, 0) is 11.3 Å². The molecule has 1 aromatic heterocycles. The lowest BCUT2D eigenvalue weighted by atomic mass is 9.97. The van der Waals surface area contributed by atoms with Gasteiger partial charge in [0.15, 0.2) is 0 Å². The molecule has 1 aliphatic heterocycles. The third kappa shape index (κ3) is 3.61. The van der Waals surface area contributed by atoms with Crippen LogP contribution in [0.5, 0.6) is 0 Å². The number of halogens is 1. The van der Waals surface area contributed by atoms with Gasteiger partial charge in [0.05, 0.1) is 10.9 Å². The minimum absolute atomic E-state index is 0. The van der Waals surface area contributed by atoms with E-state index in [0.717, 1.165) is 18.1 Å². The molecule has 0 amide bonds. The highest BCUT2D eigenvalue weighted by atomic mass is 35.5. The Balaban J connectivity index is 0.00000161. The second-order valence-corrected chi connectivity index (χ2v) is 6.03. The fourth-order valence-electron chi connectivity index (χ4n) is 2.77. The number of benzene rings is 1. The van der Waals surface area contributed by atoms with Crippen molar-refractivity contribution in [3.63, 3.8) is 0 Å². The van der Waals surface area contributed by atoms with E-state index in [0.29, 0.717) is 6.54 Å². The minimum atomic E-state index is -0.722. The first-order valence-corrected chi connectivity index (χ1v) is 7.50. The van der Waals surface area contributed by atoms with Crippen LogP contribution in [-0.4, -0.2) is 34.0 Å². The fraction of sp³-hybridized carbons (Fsp3) is 0.333. The van der Waals surface area contributed by atoms with Gasteiger partial charge in [-0.15, -0.1) is 23.7 Å². The molecule has 2 unspecified atom stereocenters. The molecule has 1 fully saturated rings. The highest BCUT2D eigenvalue weighted by molar-refractivity contribution is 7.09. The Kier molecular flexibility index (Phi) is 5.33. The second-order valence-electron chi connectivity index (χ2n) is 5.10. The average Bonchev–Trinajstić information content (AvgIpc) is 3.08. The zero-order valence-electron chi connectivity index (χ0n) is 11.4. The van der Waals surface area contributed by atoms with Gasteiger partial charge in [0.2, 0.25) is 0 Å². The number of nitrogens with zero attached hydrogens (tertiary/aromatic N) is 2. The number of carboxylic acid groups (broad SMARTS) is 1. The minimum Gasteiger partial charge on any atom is -0.481 e. The largest absolute Gasteiger partial charge is 0.481 e. The smallest absolute Gasteiger partial charge is 0.308 e. The molecule has 4 nitrogen and oxygen atoms in total. The molecule has 112 valence electrons. The Morgan fingerprint density at radius 2 is 2.10 bits per heavy atom. The SMILES string of the molecule is Cl.O=C(O)C1CN(Cc2ccccc2)CC1c1nccs1. The molecule has 0 saturated carbocycles. The van der Waals surface area contributed by atoms with Crippen LogP contribution >= 0.6 is 23.7 Å². The van der Waals surface area contributed by atoms with E-state index in [-0.39, 0.29) is 24.2 Å². The van der Waals surface area contributed by atoms with Gasteiger partial charge in [-0.1, -0.05) is 30.3 Å². The Hall–Kier alpha value is -1.43. The summed E-state index contributed by atoms with van der Waals surface area (Å²) in [5.74, 6) is -1.07. The Morgan fingerprint density at radius 3 is 2.71 bits per heavy atom. The van der Waals surface area contributed by atoms with Gasteiger partial charge in [0.25, 0.3) is 0 Å². The van der Waals surface area contributed by atoms with E-state index in [1.165, 1.54) is 5.56 Å². The van der Waals surface area contributed by atoms with E-state index in [1.54, 1.807) is 17.5 Å². The van der Waals surface area contributed by atoms with Gasteiger partial charge in [-0.3, -0.25) is 9.69 Å². The first kappa shape index (κ1) is 15.9. The molecule has 1 aliphatic rings. The predicted molar refractivity (Wildman–Crippen MR) is 84.9 cm³/mol. The first-order chi connectivity index (χ1) is 9.74. The summed E-state index contributed by atoms with van der Waals surface area (Å²) in [7, 11) is 0. The molecule has 21 heavy (non-hydrogen) atoms. The molecule has 1 N–H and O–H groups in total. The second kappa shape index (κ2) is 7.02. The zero-order valence-corrected chi connectivity index (χ0v) is 13.0. The molecule has 0 bridgehead atoms. The number of thiazole rings is 1. The lowest BCUT2D eigenvalue weighted by Crippen LogP contribution is -2.23. The molecule has 1 aromatic carbocycles. The van der Waals surface area contributed by atoms with Crippen molar-refractivity contribution in [2.24, 2.45) is 5.92 Å². The van der Waals surface area contributed by atoms with Gasteiger partial charge in [-0.2, -0.15) is 0 Å². The van der Waals surface area contributed by atoms with Crippen LogP contribution in [0.25, 0.3) is 0 Å². The topological polar surface area (TPSA) is 53.4 Å². The first-order valence-electron chi connectivity index (χ1n) is 6.62. The molecule has 0 aliphatic carbocycles. The normalized spacial score (nSPS) is 21.9. The van der Waals surface area contributed by atoms with Crippen LogP contribution in [0, 0.1) is 5.92 Å². The van der Waals surface area contributed by atoms with Crippen molar-refractivity contribution in [3.05, 3.63) is 52.5 Å². The van der Waals surface area contributed by atoms with Crippen molar-refractivity contribution in [1.82, 2.24) is 9.88 Å². The number of hydrogen-bond acceptors (Lipinski definition) is 4. The Labute approximate surface area is 133 Å². The van der Waals surface area contributed by atoms with Gasteiger partial charge in [0.1, 0.15) is 0 Å². The number of likely N-dealkylation sites (tertiary alicyclic amines) is 1. The van der Waals surface area contributed by atoms with E-state index in [9.17, 15) is 9.90 Å². The van der Waals surface area contributed by atoms with Crippen molar-refractivity contribution in [1.29, 1.82) is 0 Å². The summed E-state index contributed by atoms with van der Waals surface area (Å²) in [4.78, 5) is 18.0. The summed E-state index contributed by atoms with van der Waals surface area (Å²) in [5.41, 5.74) is 1.22. The monoisotopic (exact) mass is 324 g/mol. The van der Waals surface area contributed by atoms with E-state index in [1.807, 2.05) is 23.6 Å². The summed E-state index contributed by atoms with van der Waals surface area (Å²) in [6.45, 7) is 2.15. The molecule has 1 saturated heterocycles. The van der Waals surface area contributed by atoms with Crippen molar-refractivity contribution in [2.75, 3.05) is 13.1 Å². The van der Waals surface area contributed by atoms with Crippen LogP contribution in [0.1, 0.15) is 16.5 Å². The van der Waals surface area contributed by atoms with Crippen LogP contribution < -0.4 is 0 Å². The fourth-order valence-corrected chi connectivity index (χ4v) is 3.57. The van der Waals surface area contributed by atoms with Crippen LogP contribution in [0.4, 0.5) is 0 Å². The number of hydrogen-bond donors (Lipinski definition) is 1. The standard InChI is InChI=1S/C15H16N2O2S.ClH/c18-15(19)13-10-17(8-11-4-2-1-3-5-11)9-12(13)14-16-6-7-20-14;/h1-7,12-13H,8-10H2,(H,18,19);1H. The summed E-state index contributed by atoms with van der Waals surface area (Å²) < 4.78 is 0. The van der Waals surface area contributed by atoms with Crippen LogP contribution in [0.3, 0.4) is 0 Å². The molecule has 2 aromatic rings. The van der Waals surface area contributed by atoms with Gasteiger partial charge in [0, 0.05) is 37.1 Å². The van der Waals surface area contributed by atoms with Crippen LogP contribution in [0.2, 0.25) is 0 Å². The molecular weight excluding hydrogens is 308 g/mol. The zero-order chi connectivity index (χ0) is 13.9. The lowest BCUT2D eigenvalue weighted by molar-refractivity contribution is -0.141. The van der Waals surface area contributed by atoms with Crippen molar-refractivity contribution in [2.45, 2.75) is 12.5 Å². The van der Waals surface area contributed by atoms with Gasteiger partial charge in [-0.25, -0.2) is 4.98 Å². The van der Waals surface area contributed by atoms with Gasteiger partial charge in [-0.05, 0) is 5.56 Å². The van der Waals surface area contributed by atoms with E-state index < -0.39 is 5.97 Å². The number of aliphatic carboxylic acids is 1. The van der Waals surface area contributed by atoms with Crippen molar-refractivity contribution >= 4 is 29.7 Å². The summed E-state index contributed by atoms with van der Waals surface area (Å²) in [6, 6.07) is 10.2. The third-order valence-electron chi connectivity index (χ3n) is 3.73. The molecule has 6 heteroatoms. The average molecular weight is 325 g/mol. The Morgan fingerprint density at radius 1 is 1.33 bits per heavy atom. The molecule has 2 atom stereocenters. The van der Waals surface area contributed by atoms with E-state index in [4.69, 9.17) is 0 Å². The van der Waals surface area contributed by atoms with E-state index in [2.05, 4.69) is 22.0 Å². The number of carbonyl (C=O) groups is 1.